The number of fused-ring (bicyclic) bond motifs is 1. The molecule has 0 unspecified atom stereocenters. The molecule has 1 heterocycles. The van der Waals surface area contributed by atoms with Crippen LogP contribution in [-0.2, 0) is 16.0 Å². The quantitative estimate of drug-likeness (QED) is 0.902. The molecular weight excluding hydrogens is 340 g/mol. The van der Waals surface area contributed by atoms with Gasteiger partial charge >= 0.3 is 0 Å². The highest BCUT2D eigenvalue weighted by Gasteiger charge is 2.29. The molecule has 1 saturated heterocycles. The van der Waals surface area contributed by atoms with E-state index in [9.17, 15) is 9.59 Å². The minimum absolute atomic E-state index is 0.0371. The molecule has 140 valence electrons. The number of anilines is 1. The Labute approximate surface area is 159 Å². The Morgan fingerprint density at radius 1 is 1.11 bits per heavy atom. The molecule has 1 N–H and O–H groups in total. The number of benzene rings is 2. The summed E-state index contributed by atoms with van der Waals surface area (Å²) >= 11 is 0. The zero-order chi connectivity index (χ0) is 18.8. The van der Waals surface area contributed by atoms with Crippen LogP contribution in [0.3, 0.4) is 0 Å². The average molecular weight is 364 g/mol. The van der Waals surface area contributed by atoms with Gasteiger partial charge in [0.1, 0.15) is 6.10 Å². The molecule has 2 aromatic rings. The largest absolute Gasteiger partial charge is 0.368 e. The van der Waals surface area contributed by atoms with Gasteiger partial charge in [-0.15, -0.1) is 0 Å². The molecule has 2 amide bonds. The van der Waals surface area contributed by atoms with Gasteiger partial charge in [0.15, 0.2) is 0 Å². The molecule has 0 aromatic heterocycles. The highest BCUT2D eigenvalue weighted by Crippen LogP contribution is 2.35. The molecule has 0 bridgehead atoms. The number of carbonyl (C=O) groups excluding carboxylic acids is 2. The Morgan fingerprint density at radius 2 is 1.96 bits per heavy atom. The highest BCUT2D eigenvalue weighted by molar-refractivity contribution is 5.98. The van der Waals surface area contributed by atoms with Crippen molar-refractivity contribution >= 4 is 17.5 Å². The van der Waals surface area contributed by atoms with Gasteiger partial charge in [-0.2, -0.15) is 0 Å². The first-order chi connectivity index (χ1) is 13.1. The third-order valence-electron chi connectivity index (χ3n) is 5.49. The summed E-state index contributed by atoms with van der Waals surface area (Å²) in [6, 6.07) is 15.5. The maximum atomic E-state index is 13.0. The van der Waals surface area contributed by atoms with Gasteiger partial charge in [0.05, 0.1) is 6.04 Å². The van der Waals surface area contributed by atoms with E-state index in [2.05, 4.69) is 17.4 Å². The Kier molecular flexibility index (Phi) is 4.94. The molecule has 0 radical (unpaired) electrons. The lowest BCUT2D eigenvalue weighted by molar-refractivity contribution is -0.124. The molecule has 2 aliphatic rings. The number of ether oxygens (including phenoxy) is 1. The molecule has 5 nitrogen and oxygen atoms in total. The molecule has 1 aliphatic carbocycles. The number of nitrogens with zero attached hydrogens (tertiary/aromatic N) is 1. The second kappa shape index (κ2) is 7.53. The van der Waals surface area contributed by atoms with Crippen molar-refractivity contribution in [1.29, 1.82) is 0 Å². The molecule has 1 aliphatic heterocycles. The van der Waals surface area contributed by atoms with Crippen molar-refractivity contribution in [1.82, 2.24) is 4.90 Å². The summed E-state index contributed by atoms with van der Waals surface area (Å²) in [7, 11) is 1.85. The average Bonchev–Trinajstić information content (AvgIpc) is 3.37. The van der Waals surface area contributed by atoms with E-state index < -0.39 is 0 Å². The maximum Gasteiger partial charge on any atom is 0.254 e. The second-order valence-corrected chi connectivity index (χ2v) is 7.24. The fourth-order valence-electron chi connectivity index (χ4n) is 4.02. The predicted octanol–water partition coefficient (Wildman–Crippen LogP) is 3.56. The van der Waals surface area contributed by atoms with Gasteiger partial charge < -0.3 is 15.0 Å². The number of rotatable bonds is 4. The van der Waals surface area contributed by atoms with Crippen LogP contribution in [-0.4, -0.2) is 36.5 Å². The van der Waals surface area contributed by atoms with Gasteiger partial charge in [-0.05, 0) is 55.0 Å². The molecule has 0 saturated carbocycles. The van der Waals surface area contributed by atoms with Crippen LogP contribution in [0.1, 0.15) is 46.8 Å². The van der Waals surface area contributed by atoms with Crippen molar-refractivity contribution in [3.8, 4) is 0 Å². The topological polar surface area (TPSA) is 58.6 Å². The number of nitrogens with one attached hydrogen (secondary N) is 1. The van der Waals surface area contributed by atoms with Gasteiger partial charge in [0.25, 0.3) is 11.8 Å². The molecular formula is C22H24N2O3. The minimum atomic E-state index is -0.387. The van der Waals surface area contributed by atoms with E-state index >= 15 is 0 Å². The summed E-state index contributed by atoms with van der Waals surface area (Å²) < 4.78 is 5.42. The first-order valence-corrected chi connectivity index (χ1v) is 9.51. The third-order valence-corrected chi connectivity index (χ3v) is 5.49. The van der Waals surface area contributed by atoms with E-state index in [1.807, 2.05) is 24.1 Å². The van der Waals surface area contributed by atoms with Crippen LogP contribution in [0.4, 0.5) is 5.69 Å². The van der Waals surface area contributed by atoms with Crippen molar-refractivity contribution in [3.05, 3.63) is 65.2 Å². The first kappa shape index (κ1) is 17.7. The molecule has 2 atom stereocenters. The van der Waals surface area contributed by atoms with Gasteiger partial charge in [-0.1, -0.05) is 30.3 Å². The zero-order valence-electron chi connectivity index (χ0n) is 15.5. The van der Waals surface area contributed by atoms with Gasteiger partial charge in [-0.25, -0.2) is 0 Å². The van der Waals surface area contributed by atoms with E-state index in [0.717, 1.165) is 25.7 Å². The van der Waals surface area contributed by atoms with Crippen LogP contribution < -0.4 is 5.32 Å². The van der Waals surface area contributed by atoms with Crippen LogP contribution in [0.2, 0.25) is 0 Å². The van der Waals surface area contributed by atoms with Gasteiger partial charge in [0, 0.05) is 24.9 Å². The van der Waals surface area contributed by atoms with Gasteiger partial charge in [0.2, 0.25) is 0 Å². The lowest BCUT2D eigenvalue weighted by atomic mass is 10.1. The summed E-state index contributed by atoms with van der Waals surface area (Å²) in [5.41, 5.74) is 3.75. The zero-order valence-corrected chi connectivity index (χ0v) is 15.5. The van der Waals surface area contributed by atoms with E-state index in [-0.39, 0.29) is 24.0 Å². The first-order valence-electron chi connectivity index (χ1n) is 9.51. The van der Waals surface area contributed by atoms with E-state index in [1.54, 1.807) is 24.3 Å². The Hall–Kier alpha value is -2.66. The molecule has 5 heteroatoms. The lowest BCUT2D eigenvalue weighted by Gasteiger charge is -2.26. The fourth-order valence-corrected chi connectivity index (χ4v) is 4.02. The smallest absolute Gasteiger partial charge is 0.254 e. The van der Waals surface area contributed by atoms with Crippen LogP contribution in [0, 0.1) is 0 Å². The normalized spacial score (nSPS) is 20.9. The summed E-state index contributed by atoms with van der Waals surface area (Å²) in [5.74, 6) is -0.180. The molecule has 27 heavy (non-hydrogen) atoms. The van der Waals surface area contributed by atoms with Crippen molar-refractivity contribution in [2.75, 3.05) is 19.0 Å². The Bertz CT molecular complexity index is 858. The maximum absolute atomic E-state index is 13.0. The summed E-state index contributed by atoms with van der Waals surface area (Å²) in [6.07, 6.45) is 3.20. The molecule has 0 spiro atoms. The number of hydrogen-bond acceptors (Lipinski definition) is 3. The number of amides is 2. The Balaban J connectivity index is 1.48. The van der Waals surface area contributed by atoms with E-state index in [1.165, 1.54) is 11.1 Å². The van der Waals surface area contributed by atoms with Crippen molar-refractivity contribution in [2.24, 2.45) is 0 Å². The predicted molar refractivity (Wildman–Crippen MR) is 104 cm³/mol. The number of carbonyl (C=O) groups is 2. The Morgan fingerprint density at radius 3 is 2.78 bits per heavy atom. The molecule has 4 rings (SSSR count). The summed E-state index contributed by atoms with van der Waals surface area (Å²) in [6.45, 7) is 0.629. The number of aryl methyl sites for hydroxylation is 1. The van der Waals surface area contributed by atoms with Gasteiger partial charge in [-0.3, -0.25) is 9.59 Å². The number of hydrogen-bond donors (Lipinski definition) is 1. The summed E-state index contributed by atoms with van der Waals surface area (Å²) in [4.78, 5) is 27.1. The van der Waals surface area contributed by atoms with Crippen LogP contribution in [0.25, 0.3) is 0 Å². The second-order valence-electron chi connectivity index (χ2n) is 7.24. The third kappa shape index (κ3) is 3.60. The molecule has 2 aromatic carbocycles. The van der Waals surface area contributed by atoms with Crippen LogP contribution >= 0.6 is 0 Å². The van der Waals surface area contributed by atoms with Crippen molar-refractivity contribution in [2.45, 2.75) is 37.8 Å². The van der Waals surface area contributed by atoms with Crippen molar-refractivity contribution in [3.63, 3.8) is 0 Å². The van der Waals surface area contributed by atoms with E-state index in [0.29, 0.717) is 17.9 Å². The monoisotopic (exact) mass is 364 g/mol. The molecule has 1 fully saturated rings. The minimum Gasteiger partial charge on any atom is -0.368 e. The highest BCUT2D eigenvalue weighted by atomic mass is 16.5. The van der Waals surface area contributed by atoms with E-state index in [4.69, 9.17) is 4.74 Å². The van der Waals surface area contributed by atoms with Crippen molar-refractivity contribution < 1.29 is 14.3 Å². The standard InChI is InChI=1S/C22H24N2O3/c1-24(19-12-11-15-6-2-3-9-18(15)19)22(26)16-7-4-8-17(14-16)23-21(25)20-10-5-13-27-20/h2-4,6-9,14,19-20H,5,10-13H2,1H3,(H,23,25)/t19-,20+/m1/s1. The van der Waals surface area contributed by atoms with Crippen LogP contribution in [0.15, 0.2) is 48.5 Å². The lowest BCUT2D eigenvalue weighted by Crippen LogP contribution is -2.30. The fraction of sp³-hybridized carbons (Fsp3) is 0.364. The SMILES string of the molecule is CN(C(=O)c1cccc(NC(=O)[C@@H]2CCCO2)c1)[C@@H]1CCc2ccccc21. The summed E-state index contributed by atoms with van der Waals surface area (Å²) in [5, 5.41) is 2.87. The van der Waals surface area contributed by atoms with Crippen LogP contribution in [0.5, 0.6) is 0 Å².